The van der Waals surface area contributed by atoms with E-state index in [0.29, 0.717) is 11.8 Å². The smallest absolute Gasteiger partial charge is 0.397 e. The Hall–Kier alpha value is -4.25. The number of sulfone groups is 1. The predicted octanol–water partition coefficient (Wildman–Crippen LogP) is -0.262. The van der Waals surface area contributed by atoms with E-state index in [9.17, 15) is 36.3 Å². The van der Waals surface area contributed by atoms with Gasteiger partial charge in [0.05, 0.1) is 34.2 Å². The van der Waals surface area contributed by atoms with Crippen molar-refractivity contribution in [1.29, 1.82) is 0 Å². The molecule has 0 fully saturated rings. The van der Waals surface area contributed by atoms with Crippen LogP contribution in [0.4, 0.5) is 11.4 Å². The van der Waals surface area contributed by atoms with E-state index in [1.807, 2.05) is 6.92 Å². The second-order valence-electron chi connectivity index (χ2n) is 7.66. The van der Waals surface area contributed by atoms with Crippen LogP contribution >= 0.6 is 0 Å². The van der Waals surface area contributed by atoms with Gasteiger partial charge in [0.1, 0.15) is 5.36 Å². The molecule has 3 aromatic carbocycles. The third kappa shape index (κ3) is 7.39. The highest BCUT2D eigenvalue weighted by atomic mass is 32.3. The van der Waals surface area contributed by atoms with E-state index in [0.717, 1.165) is 17.7 Å². The molecule has 0 heterocycles. The lowest BCUT2D eigenvalue weighted by molar-refractivity contribution is 0.0694. The Bertz CT molecular complexity index is 1790. The van der Waals surface area contributed by atoms with Crippen molar-refractivity contribution in [2.24, 2.45) is 10.2 Å². The van der Waals surface area contributed by atoms with Gasteiger partial charge in [-0.15, -0.1) is 0 Å². The topological polar surface area (TPSA) is 218 Å². The highest BCUT2D eigenvalue weighted by molar-refractivity contribution is 7.91. The molecule has 14 nitrogen and oxygen atoms in total. The largest absolute Gasteiger partial charge is 0.478 e. The third-order valence-electron chi connectivity index (χ3n) is 4.87. The summed E-state index contributed by atoms with van der Waals surface area (Å²) in [4.78, 5) is 36.7. The van der Waals surface area contributed by atoms with Gasteiger partial charge in [0.25, 0.3) is 0 Å². The maximum Gasteiger partial charge on any atom is 0.397 e. The SMILES string of the molecule is Cc1ccc(NN=c2c(C(=O)O)cc(=O)c(=NNc3ccc(S(=O)(=O)CCOS(=O)(=O)O)cc3)c2=O)cc1. The summed E-state index contributed by atoms with van der Waals surface area (Å²) in [6.07, 6.45) is 0. The van der Waals surface area contributed by atoms with Crippen molar-refractivity contribution in [3.05, 3.63) is 96.9 Å². The van der Waals surface area contributed by atoms with E-state index in [4.69, 9.17) is 4.55 Å². The second kappa shape index (κ2) is 11.4. The van der Waals surface area contributed by atoms with Gasteiger partial charge in [-0.1, -0.05) is 17.7 Å². The highest BCUT2D eigenvalue weighted by Gasteiger charge is 2.17. The zero-order valence-electron chi connectivity index (χ0n) is 19.5. The lowest BCUT2D eigenvalue weighted by Crippen LogP contribution is -2.50. The van der Waals surface area contributed by atoms with Gasteiger partial charge in [-0.25, -0.2) is 17.4 Å². The molecule has 0 aliphatic carbocycles. The molecule has 0 saturated heterocycles. The normalized spacial score (nSPS) is 12.9. The van der Waals surface area contributed by atoms with E-state index >= 15 is 0 Å². The summed E-state index contributed by atoms with van der Waals surface area (Å²) >= 11 is 0. The number of carboxylic acid groups (broad SMARTS) is 1. The molecule has 38 heavy (non-hydrogen) atoms. The number of carbonyl (C=O) groups is 1. The lowest BCUT2D eigenvalue weighted by Gasteiger charge is -2.05. The number of anilines is 2. The van der Waals surface area contributed by atoms with Crippen molar-refractivity contribution < 1.29 is 35.5 Å². The zero-order valence-corrected chi connectivity index (χ0v) is 21.1. The van der Waals surface area contributed by atoms with E-state index in [1.165, 1.54) is 12.1 Å². The molecule has 16 heteroatoms. The summed E-state index contributed by atoms with van der Waals surface area (Å²) in [5.41, 5.74) is 3.93. The van der Waals surface area contributed by atoms with Crippen LogP contribution in [0.3, 0.4) is 0 Å². The van der Waals surface area contributed by atoms with E-state index < -0.39 is 65.7 Å². The Balaban J connectivity index is 1.90. The molecule has 0 saturated carbocycles. The molecule has 0 aromatic heterocycles. The molecule has 0 atom stereocenters. The summed E-state index contributed by atoms with van der Waals surface area (Å²) in [6, 6.07) is 12.4. The monoisotopic (exact) mass is 564 g/mol. The molecule has 200 valence electrons. The summed E-state index contributed by atoms with van der Waals surface area (Å²) in [5, 5.41) is 15.8. The summed E-state index contributed by atoms with van der Waals surface area (Å²) in [7, 11) is -8.75. The first kappa shape index (κ1) is 28.3. The molecule has 0 unspecified atom stereocenters. The lowest BCUT2D eigenvalue weighted by atomic mass is 10.2. The standard InChI is InChI=1S/C22H20N4O10S2/c1-13-2-4-14(5-3-13)23-25-19-17(22(29)30)12-18(27)20(21(19)28)26-24-15-6-8-16(9-7-15)37(31,32)11-10-36-38(33,34)35/h2-9,12,23-24H,10-11H2,1H3,(H,29,30)(H,33,34,35). The molecule has 0 radical (unpaired) electrons. The van der Waals surface area contributed by atoms with Gasteiger partial charge in [-0.3, -0.25) is 25.0 Å². The number of rotatable bonds is 10. The van der Waals surface area contributed by atoms with Gasteiger partial charge in [-0.05, 0) is 43.3 Å². The van der Waals surface area contributed by atoms with Crippen molar-refractivity contribution in [3.8, 4) is 0 Å². The maximum atomic E-state index is 12.9. The Kier molecular flexibility index (Phi) is 8.52. The van der Waals surface area contributed by atoms with Crippen LogP contribution in [-0.2, 0) is 24.4 Å². The molecule has 0 amide bonds. The number of nitrogens with zero attached hydrogens (tertiary/aromatic N) is 2. The molecular formula is C22H20N4O10S2. The van der Waals surface area contributed by atoms with E-state index in [1.54, 1.807) is 24.3 Å². The Morgan fingerprint density at radius 3 is 1.95 bits per heavy atom. The molecule has 0 aliphatic rings. The Labute approximate surface area is 215 Å². The number of carboxylic acids is 1. The van der Waals surface area contributed by atoms with Crippen LogP contribution in [0.2, 0.25) is 0 Å². The Morgan fingerprint density at radius 2 is 1.42 bits per heavy atom. The zero-order chi connectivity index (χ0) is 28.1. The van der Waals surface area contributed by atoms with Gasteiger partial charge < -0.3 is 5.11 Å². The quantitative estimate of drug-likeness (QED) is 0.185. The minimum absolute atomic E-state index is 0.163. The van der Waals surface area contributed by atoms with Gasteiger partial charge in [0, 0.05) is 6.07 Å². The molecule has 4 N–H and O–H groups in total. The fourth-order valence-electron chi connectivity index (χ4n) is 2.97. The average molecular weight is 565 g/mol. The van der Waals surface area contributed by atoms with Crippen molar-refractivity contribution in [1.82, 2.24) is 0 Å². The number of hydrogen-bond acceptors (Lipinski definition) is 12. The maximum absolute atomic E-state index is 12.9. The molecule has 0 bridgehead atoms. The summed E-state index contributed by atoms with van der Waals surface area (Å²) < 4.78 is 58.2. The first-order chi connectivity index (χ1) is 17.8. The van der Waals surface area contributed by atoms with Crippen LogP contribution in [-0.4, -0.2) is 44.8 Å². The van der Waals surface area contributed by atoms with Gasteiger partial charge >= 0.3 is 16.4 Å². The van der Waals surface area contributed by atoms with E-state index in [2.05, 4.69) is 25.2 Å². The van der Waals surface area contributed by atoms with Crippen LogP contribution in [0.1, 0.15) is 15.9 Å². The van der Waals surface area contributed by atoms with Crippen molar-refractivity contribution in [2.75, 3.05) is 23.2 Å². The first-order valence-electron chi connectivity index (χ1n) is 10.5. The number of aromatic carboxylic acids is 1. The summed E-state index contributed by atoms with van der Waals surface area (Å²) in [6.45, 7) is 1.07. The van der Waals surface area contributed by atoms with Crippen molar-refractivity contribution in [2.45, 2.75) is 11.8 Å². The molecule has 0 spiro atoms. The van der Waals surface area contributed by atoms with Crippen LogP contribution < -0.4 is 32.4 Å². The average Bonchev–Trinajstić information content (AvgIpc) is 2.83. The minimum atomic E-state index is -4.79. The van der Waals surface area contributed by atoms with Crippen LogP contribution in [0.25, 0.3) is 0 Å². The second-order valence-corrected chi connectivity index (χ2v) is 10.9. The fourth-order valence-corrected chi connectivity index (χ4v) is 4.46. The minimum Gasteiger partial charge on any atom is -0.478 e. The molecule has 0 aliphatic heterocycles. The highest BCUT2D eigenvalue weighted by Crippen LogP contribution is 2.15. The van der Waals surface area contributed by atoms with E-state index in [-0.39, 0.29) is 10.6 Å². The first-order valence-corrected chi connectivity index (χ1v) is 13.5. The number of hydrogen-bond donors (Lipinski definition) is 4. The van der Waals surface area contributed by atoms with Crippen molar-refractivity contribution >= 4 is 37.6 Å². The van der Waals surface area contributed by atoms with Gasteiger partial charge in [0.2, 0.25) is 10.9 Å². The molecule has 3 aromatic rings. The summed E-state index contributed by atoms with van der Waals surface area (Å²) in [5.74, 6) is -2.27. The number of aryl methyl sites for hydroxylation is 1. The molecule has 3 rings (SSSR count). The van der Waals surface area contributed by atoms with Crippen LogP contribution in [0.5, 0.6) is 0 Å². The molecular weight excluding hydrogens is 544 g/mol. The predicted molar refractivity (Wildman–Crippen MR) is 134 cm³/mol. The van der Waals surface area contributed by atoms with Crippen LogP contribution in [0.15, 0.2) is 79.3 Å². The van der Waals surface area contributed by atoms with Crippen molar-refractivity contribution in [3.63, 3.8) is 0 Å². The fraction of sp³-hybridized carbons (Fsp3) is 0.136. The van der Waals surface area contributed by atoms with Gasteiger partial charge in [0.15, 0.2) is 15.2 Å². The van der Waals surface area contributed by atoms with Crippen LogP contribution in [0, 0.1) is 6.92 Å². The Morgan fingerprint density at radius 1 is 0.895 bits per heavy atom. The number of benzene rings is 3. The number of nitrogens with one attached hydrogen (secondary N) is 2. The van der Waals surface area contributed by atoms with Gasteiger partial charge in [-0.2, -0.15) is 18.6 Å². The third-order valence-corrected chi connectivity index (χ3v) is 7.03.